The maximum absolute atomic E-state index is 12.1. The van der Waals surface area contributed by atoms with Crippen LogP contribution >= 0.6 is 0 Å². The molecular weight excluding hydrogens is 362 g/mol. The Hall–Kier alpha value is -2.90. The minimum atomic E-state index is -0.780. The largest absolute Gasteiger partial charge is 0.454 e. The Morgan fingerprint density at radius 3 is 2.21 bits per heavy atom. The molecule has 1 atom stereocenters. The van der Waals surface area contributed by atoms with Gasteiger partial charge in [-0.05, 0) is 36.5 Å². The van der Waals surface area contributed by atoms with Crippen LogP contribution in [0.2, 0.25) is 0 Å². The molecule has 0 saturated heterocycles. The average molecular weight is 391 g/mol. The van der Waals surface area contributed by atoms with E-state index in [2.05, 4.69) is 36.7 Å². The van der Waals surface area contributed by atoms with Gasteiger partial charge in [0.25, 0.3) is 11.8 Å². The number of rotatable bonds is 7. The number of imide groups is 1. The van der Waals surface area contributed by atoms with E-state index in [-0.39, 0.29) is 18.0 Å². The number of hydrogen-bond acceptors (Lipinski definition) is 5. The van der Waals surface area contributed by atoms with Gasteiger partial charge in [0.2, 0.25) is 0 Å². The number of urea groups is 1. The molecule has 0 bridgehead atoms. The summed E-state index contributed by atoms with van der Waals surface area (Å²) in [6, 6.07) is 6.37. The number of carbonyl (C=O) groups is 4. The van der Waals surface area contributed by atoms with Crippen LogP contribution in [0.3, 0.4) is 0 Å². The molecule has 0 aliphatic heterocycles. The van der Waals surface area contributed by atoms with E-state index in [1.807, 2.05) is 19.1 Å². The molecule has 8 nitrogen and oxygen atoms in total. The Balaban J connectivity index is 2.37. The molecule has 3 N–H and O–H groups in total. The second kappa shape index (κ2) is 10.4. The average Bonchev–Trinajstić information content (AvgIpc) is 2.63. The van der Waals surface area contributed by atoms with Gasteiger partial charge in [-0.25, -0.2) is 4.79 Å². The van der Waals surface area contributed by atoms with Crippen molar-refractivity contribution in [2.45, 2.75) is 52.5 Å². The monoisotopic (exact) mass is 391 g/mol. The SMILES string of the molecule is CC[C@H](C)NC(=O)NC(=O)COC(=O)CNC(=O)c1ccc(C(C)(C)C)cc1. The summed E-state index contributed by atoms with van der Waals surface area (Å²) in [6.07, 6.45) is 0.717. The fourth-order valence-electron chi connectivity index (χ4n) is 2.10. The Kier molecular flexibility index (Phi) is 8.63. The molecule has 0 aliphatic carbocycles. The van der Waals surface area contributed by atoms with Crippen LogP contribution < -0.4 is 16.0 Å². The van der Waals surface area contributed by atoms with Gasteiger partial charge in [0.1, 0.15) is 6.54 Å². The zero-order valence-electron chi connectivity index (χ0n) is 17.0. The summed E-state index contributed by atoms with van der Waals surface area (Å²) < 4.78 is 4.74. The molecule has 0 spiro atoms. The lowest BCUT2D eigenvalue weighted by molar-refractivity contribution is -0.147. The van der Waals surface area contributed by atoms with E-state index < -0.39 is 30.4 Å². The first-order valence-corrected chi connectivity index (χ1v) is 9.17. The van der Waals surface area contributed by atoms with Crippen molar-refractivity contribution in [3.63, 3.8) is 0 Å². The lowest BCUT2D eigenvalue weighted by atomic mass is 9.87. The molecule has 4 amide bonds. The smallest absolute Gasteiger partial charge is 0.325 e. The maximum atomic E-state index is 12.1. The first-order valence-electron chi connectivity index (χ1n) is 9.17. The fourth-order valence-corrected chi connectivity index (χ4v) is 2.10. The van der Waals surface area contributed by atoms with Crippen molar-refractivity contribution in [3.8, 4) is 0 Å². The van der Waals surface area contributed by atoms with Crippen molar-refractivity contribution < 1.29 is 23.9 Å². The van der Waals surface area contributed by atoms with Crippen LogP contribution in [-0.4, -0.2) is 43.0 Å². The van der Waals surface area contributed by atoms with Crippen LogP contribution in [0.15, 0.2) is 24.3 Å². The lowest BCUT2D eigenvalue weighted by Crippen LogP contribution is -2.45. The van der Waals surface area contributed by atoms with Crippen LogP contribution in [0.25, 0.3) is 0 Å². The predicted molar refractivity (Wildman–Crippen MR) is 105 cm³/mol. The molecule has 0 radical (unpaired) electrons. The summed E-state index contributed by atoms with van der Waals surface area (Å²) in [4.78, 5) is 46.8. The minimum Gasteiger partial charge on any atom is -0.454 e. The van der Waals surface area contributed by atoms with E-state index in [0.717, 1.165) is 12.0 Å². The Labute approximate surface area is 165 Å². The first-order chi connectivity index (χ1) is 13.0. The number of ether oxygens (including phenoxy) is 1. The number of benzene rings is 1. The van der Waals surface area contributed by atoms with Crippen molar-refractivity contribution in [2.24, 2.45) is 0 Å². The van der Waals surface area contributed by atoms with Crippen molar-refractivity contribution in [2.75, 3.05) is 13.2 Å². The second-order valence-corrected chi connectivity index (χ2v) is 7.50. The second-order valence-electron chi connectivity index (χ2n) is 7.50. The van der Waals surface area contributed by atoms with Crippen molar-refractivity contribution in [3.05, 3.63) is 35.4 Å². The Bertz CT molecular complexity index is 708. The third kappa shape index (κ3) is 8.20. The molecule has 154 valence electrons. The van der Waals surface area contributed by atoms with Gasteiger partial charge >= 0.3 is 12.0 Å². The topological polar surface area (TPSA) is 114 Å². The highest BCUT2D eigenvalue weighted by Crippen LogP contribution is 2.22. The third-order valence-electron chi connectivity index (χ3n) is 4.01. The summed E-state index contributed by atoms with van der Waals surface area (Å²) in [5.74, 6) is -1.95. The van der Waals surface area contributed by atoms with E-state index in [4.69, 9.17) is 4.74 Å². The summed E-state index contributed by atoms with van der Waals surface area (Å²) in [7, 11) is 0. The van der Waals surface area contributed by atoms with E-state index in [1.165, 1.54) is 0 Å². The van der Waals surface area contributed by atoms with Crippen molar-refractivity contribution in [1.29, 1.82) is 0 Å². The van der Waals surface area contributed by atoms with Crippen LogP contribution in [-0.2, 0) is 19.7 Å². The summed E-state index contributed by atoms with van der Waals surface area (Å²) >= 11 is 0. The highest BCUT2D eigenvalue weighted by atomic mass is 16.5. The first kappa shape index (κ1) is 23.1. The quantitative estimate of drug-likeness (QED) is 0.614. The van der Waals surface area contributed by atoms with Crippen LogP contribution in [0, 0.1) is 0 Å². The number of amides is 4. The van der Waals surface area contributed by atoms with Gasteiger partial charge in [-0.15, -0.1) is 0 Å². The molecule has 28 heavy (non-hydrogen) atoms. The van der Waals surface area contributed by atoms with Gasteiger partial charge in [-0.2, -0.15) is 0 Å². The fraction of sp³-hybridized carbons (Fsp3) is 0.500. The van der Waals surface area contributed by atoms with Gasteiger partial charge in [0.05, 0.1) is 0 Å². The molecule has 0 unspecified atom stereocenters. The molecule has 1 aromatic rings. The summed E-state index contributed by atoms with van der Waals surface area (Å²) in [5.41, 5.74) is 1.48. The minimum absolute atomic E-state index is 0.0229. The van der Waals surface area contributed by atoms with E-state index >= 15 is 0 Å². The van der Waals surface area contributed by atoms with Gasteiger partial charge in [-0.1, -0.05) is 39.8 Å². The zero-order chi connectivity index (χ0) is 21.3. The molecule has 0 heterocycles. The Morgan fingerprint density at radius 1 is 1.07 bits per heavy atom. The number of esters is 1. The predicted octanol–water partition coefficient (Wildman–Crippen LogP) is 1.88. The van der Waals surface area contributed by atoms with Crippen LogP contribution in [0.1, 0.15) is 57.0 Å². The van der Waals surface area contributed by atoms with Crippen molar-refractivity contribution in [1.82, 2.24) is 16.0 Å². The molecule has 0 aromatic heterocycles. The van der Waals surface area contributed by atoms with Crippen LogP contribution in [0.5, 0.6) is 0 Å². The number of nitrogens with one attached hydrogen (secondary N) is 3. The van der Waals surface area contributed by atoms with E-state index in [9.17, 15) is 19.2 Å². The molecule has 8 heteroatoms. The van der Waals surface area contributed by atoms with Gasteiger partial charge in [0, 0.05) is 11.6 Å². The highest BCUT2D eigenvalue weighted by Gasteiger charge is 2.16. The van der Waals surface area contributed by atoms with Crippen LogP contribution in [0.4, 0.5) is 4.79 Å². The molecule has 0 fully saturated rings. The molecular formula is C20H29N3O5. The standard InChI is InChI=1S/C20H29N3O5/c1-6-13(2)22-19(27)23-16(24)12-28-17(25)11-21-18(26)14-7-9-15(10-8-14)20(3,4)5/h7-10,13H,6,11-12H2,1-5H3,(H,21,26)(H2,22,23,24,27)/t13-/m0/s1. The van der Waals surface area contributed by atoms with E-state index in [1.54, 1.807) is 19.1 Å². The highest BCUT2D eigenvalue weighted by molar-refractivity contribution is 5.97. The zero-order valence-corrected chi connectivity index (χ0v) is 17.0. The third-order valence-corrected chi connectivity index (χ3v) is 4.01. The lowest BCUT2D eigenvalue weighted by Gasteiger charge is -2.19. The Morgan fingerprint density at radius 2 is 1.68 bits per heavy atom. The number of carbonyl (C=O) groups excluding carboxylic acids is 4. The molecule has 0 aliphatic rings. The van der Waals surface area contributed by atoms with Gasteiger partial charge in [0.15, 0.2) is 6.61 Å². The molecule has 1 aromatic carbocycles. The molecule has 1 rings (SSSR count). The summed E-state index contributed by atoms with van der Waals surface area (Å²) in [5, 5.41) is 7.04. The van der Waals surface area contributed by atoms with E-state index in [0.29, 0.717) is 5.56 Å². The molecule has 0 saturated carbocycles. The van der Waals surface area contributed by atoms with Gasteiger partial charge in [-0.3, -0.25) is 19.7 Å². The maximum Gasteiger partial charge on any atom is 0.325 e. The van der Waals surface area contributed by atoms with Gasteiger partial charge < -0.3 is 15.4 Å². The van der Waals surface area contributed by atoms with Crippen molar-refractivity contribution >= 4 is 23.8 Å². The summed E-state index contributed by atoms with van der Waals surface area (Å²) in [6.45, 7) is 8.91. The number of hydrogen-bond donors (Lipinski definition) is 3. The normalized spacial score (nSPS) is 11.9.